The Hall–Kier alpha value is -2.83. The predicted molar refractivity (Wildman–Crippen MR) is 108 cm³/mol. The van der Waals surface area contributed by atoms with E-state index >= 15 is 0 Å². The molecule has 0 saturated heterocycles. The first-order chi connectivity index (χ1) is 13.3. The minimum atomic E-state index is 0.277. The number of hydrogen-bond acceptors (Lipinski definition) is 6. The van der Waals surface area contributed by atoms with Crippen molar-refractivity contribution in [2.75, 3.05) is 12.1 Å². The van der Waals surface area contributed by atoms with Crippen molar-refractivity contribution in [2.24, 2.45) is 0 Å². The average Bonchev–Trinajstić information content (AvgIpc) is 3.33. The van der Waals surface area contributed by atoms with Crippen LogP contribution in [0.1, 0.15) is 5.56 Å². The van der Waals surface area contributed by atoms with Crippen LogP contribution in [0.4, 0.5) is 5.82 Å². The Balaban J connectivity index is 1.44. The van der Waals surface area contributed by atoms with Gasteiger partial charge in [0.05, 0.1) is 10.2 Å². The van der Waals surface area contributed by atoms with Gasteiger partial charge in [-0.15, -0.1) is 11.3 Å². The van der Waals surface area contributed by atoms with Crippen molar-refractivity contribution >= 4 is 39.0 Å². The maximum absolute atomic E-state index is 6.35. The molecule has 1 aliphatic heterocycles. The number of halogens is 1. The minimum Gasteiger partial charge on any atom is -0.454 e. The fourth-order valence-corrected chi connectivity index (χ4v) is 4.42. The lowest BCUT2D eigenvalue weighted by Crippen LogP contribution is -2.01. The maximum atomic E-state index is 6.35. The third kappa shape index (κ3) is 3.07. The molecule has 7 heteroatoms. The number of ether oxygens (including phenoxy) is 2. The molecule has 27 heavy (non-hydrogen) atoms. The van der Waals surface area contributed by atoms with E-state index in [9.17, 15) is 0 Å². The summed E-state index contributed by atoms with van der Waals surface area (Å²) in [6.45, 7) is 0.904. The van der Waals surface area contributed by atoms with Gasteiger partial charge in [-0.3, -0.25) is 0 Å². The third-order valence-corrected chi connectivity index (χ3v) is 5.84. The molecule has 0 unspecified atom stereocenters. The standard InChI is InChI=1S/C20H14ClN3O2S/c21-14-4-2-1-3-13(14)18-8-15-19(27-18)20(24-10-23-15)22-9-12-5-6-16-17(7-12)26-11-25-16/h1-8,10H,9,11H2,(H,22,23,24). The zero-order chi connectivity index (χ0) is 18.2. The lowest BCUT2D eigenvalue weighted by Gasteiger charge is -2.07. The highest BCUT2D eigenvalue weighted by molar-refractivity contribution is 7.22. The molecule has 5 rings (SSSR count). The summed E-state index contributed by atoms with van der Waals surface area (Å²) in [7, 11) is 0. The monoisotopic (exact) mass is 395 g/mol. The van der Waals surface area contributed by atoms with E-state index < -0.39 is 0 Å². The summed E-state index contributed by atoms with van der Waals surface area (Å²) in [6, 6.07) is 15.8. The lowest BCUT2D eigenvalue weighted by molar-refractivity contribution is 0.174. The van der Waals surface area contributed by atoms with E-state index in [1.54, 1.807) is 17.7 Å². The van der Waals surface area contributed by atoms with E-state index in [-0.39, 0.29) is 6.79 Å². The van der Waals surface area contributed by atoms with Crippen molar-refractivity contribution in [1.82, 2.24) is 9.97 Å². The molecular formula is C20H14ClN3O2S. The van der Waals surface area contributed by atoms with Crippen molar-refractivity contribution in [3.05, 3.63) is 65.4 Å². The van der Waals surface area contributed by atoms with Crippen LogP contribution in [0.2, 0.25) is 5.02 Å². The van der Waals surface area contributed by atoms with E-state index in [0.717, 1.165) is 48.6 Å². The number of benzene rings is 2. The second-order valence-corrected chi connectivity index (χ2v) is 7.53. The highest BCUT2D eigenvalue weighted by Gasteiger charge is 2.14. The maximum Gasteiger partial charge on any atom is 0.231 e. The Bertz CT molecular complexity index is 1150. The number of rotatable bonds is 4. The molecule has 0 atom stereocenters. The zero-order valence-corrected chi connectivity index (χ0v) is 15.7. The number of nitrogens with one attached hydrogen (secondary N) is 1. The summed E-state index contributed by atoms with van der Waals surface area (Å²) in [5, 5.41) is 4.13. The topological polar surface area (TPSA) is 56.3 Å². The van der Waals surface area contributed by atoms with Gasteiger partial charge in [0.25, 0.3) is 0 Å². The first kappa shape index (κ1) is 16.4. The van der Waals surface area contributed by atoms with Gasteiger partial charge >= 0.3 is 0 Å². The highest BCUT2D eigenvalue weighted by Crippen LogP contribution is 2.38. The second kappa shape index (κ2) is 6.72. The molecule has 5 nitrogen and oxygen atoms in total. The summed E-state index contributed by atoms with van der Waals surface area (Å²) in [5.41, 5.74) is 3.00. The molecule has 0 bridgehead atoms. The molecule has 0 fully saturated rings. The van der Waals surface area contributed by atoms with Crippen molar-refractivity contribution in [3.63, 3.8) is 0 Å². The number of anilines is 1. The minimum absolute atomic E-state index is 0.277. The van der Waals surface area contributed by atoms with E-state index in [1.807, 2.05) is 42.5 Å². The van der Waals surface area contributed by atoms with Crippen LogP contribution in [0.3, 0.4) is 0 Å². The van der Waals surface area contributed by atoms with Crippen molar-refractivity contribution in [2.45, 2.75) is 6.54 Å². The van der Waals surface area contributed by atoms with E-state index in [0.29, 0.717) is 6.54 Å². The molecule has 1 N–H and O–H groups in total. The van der Waals surface area contributed by atoms with Crippen LogP contribution in [-0.4, -0.2) is 16.8 Å². The smallest absolute Gasteiger partial charge is 0.231 e. The SMILES string of the molecule is Clc1ccccc1-c1cc2ncnc(NCc3ccc4c(c3)OCO4)c2s1. The molecule has 134 valence electrons. The van der Waals surface area contributed by atoms with Gasteiger partial charge in [-0.25, -0.2) is 9.97 Å². The van der Waals surface area contributed by atoms with Gasteiger partial charge < -0.3 is 14.8 Å². The Morgan fingerprint density at radius 1 is 1.04 bits per heavy atom. The summed E-state index contributed by atoms with van der Waals surface area (Å²) in [5.74, 6) is 2.37. The largest absolute Gasteiger partial charge is 0.454 e. The summed E-state index contributed by atoms with van der Waals surface area (Å²) < 4.78 is 11.8. The molecule has 1 aliphatic rings. The summed E-state index contributed by atoms with van der Waals surface area (Å²) in [6.07, 6.45) is 1.58. The summed E-state index contributed by atoms with van der Waals surface area (Å²) >= 11 is 7.98. The third-order valence-electron chi connectivity index (χ3n) is 4.35. The number of aromatic nitrogens is 2. The Morgan fingerprint density at radius 3 is 2.85 bits per heavy atom. The molecular weight excluding hydrogens is 382 g/mol. The molecule has 4 aromatic rings. The Morgan fingerprint density at radius 2 is 1.93 bits per heavy atom. The van der Waals surface area contributed by atoms with Crippen molar-refractivity contribution < 1.29 is 9.47 Å². The van der Waals surface area contributed by atoms with Gasteiger partial charge in [-0.1, -0.05) is 35.9 Å². The number of fused-ring (bicyclic) bond motifs is 2. The molecule has 0 saturated carbocycles. The van der Waals surface area contributed by atoms with Crippen molar-refractivity contribution in [3.8, 4) is 21.9 Å². The van der Waals surface area contributed by atoms with Gasteiger partial charge in [0, 0.05) is 22.0 Å². The van der Waals surface area contributed by atoms with Crippen LogP contribution in [-0.2, 0) is 6.54 Å². The average molecular weight is 396 g/mol. The molecule has 0 aliphatic carbocycles. The van der Waals surface area contributed by atoms with Gasteiger partial charge in [0.1, 0.15) is 12.1 Å². The zero-order valence-electron chi connectivity index (χ0n) is 14.1. The number of nitrogens with zero attached hydrogens (tertiary/aromatic N) is 2. The van der Waals surface area contributed by atoms with Gasteiger partial charge in [0.2, 0.25) is 6.79 Å². The quantitative estimate of drug-likeness (QED) is 0.504. The Labute approximate surface area is 164 Å². The molecule has 2 aromatic carbocycles. The number of thiophene rings is 1. The first-order valence-corrected chi connectivity index (χ1v) is 9.59. The molecule has 0 amide bonds. The fraction of sp³-hybridized carbons (Fsp3) is 0.100. The van der Waals surface area contributed by atoms with E-state index in [2.05, 4.69) is 21.4 Å². The number of hydrogen-bond donors (Lipinski definition) is 1. The second-order valence-electron chi connectivity index (χ2n) is 6.07. The van der Waals surface area contributed by atoms with Gasteiger partial charge in [-0.05, 0) is 29.8 Å². The van der Waals surface area contributed by atoms with Gasteiger partial charge in [0.15, 0.2) is 11.5 Å². The molecule has 0 radical (unpaired) electrons. The van der Waals surface area contributed by atoms with Crippen LogP contribution < -0.4 is 14.8 Å². The van der Waals surface area contributed by atoms with Crippen LogP contribution in [0.25, 0.3) is 20.7 Å². The fourth-order valence-electron chi connectivity index (χ4n) is 3.01. The van der Waals surface area contributed by atoms with Gasteiger partial charge in [-0.2, -0.15) is 0 Å². The van der Waals surface area contributed by atoms with Crippen molar-refractivity contribution in [1.29, 1.82) is 0 Å². The predicted octanol–water partition coefficient (Wildman–Crippen LogP) is 5.35. The molecule has 3 heterocycles. The molecule has 2 aromatic heterocycles. The molecule has 0 spiro atoms. The van der Waals surface area contributed by atoms with E-state index in [4.69, 9.17) is 21.1 Å². The first-order valence-electron chi connectivity index (χ1n) is 8.40. The highest BCUT2D eigenvalue weighted by atomic mass is 35.5. The van der Waals surface area contributed by atoms with Crippen LogP contribution in [0.5, 0.6) is 11.5 Å². The van der Waals surface area contributed by atoms with Crippen LogP contribution in [0, 0.1) is 0 Å². The van der Waals surface area contributed by atoms with E-state index in [1.165, 1.54) is 0 Å². The van der Waals surface area contributed by atoms with Crippen LogP contribution in [0.15, 0.2) is 54.9 Å². The van der Waals surface area contributed by atoms with Crippen LogP contribution >= 0.6 is 22.9 Å². The Kier molecular flexibility index (Phi) is 4.07. The normalized spacial score (nSPS) is 12.5. The summed E-state index contributed by atoms with van der Waals surface area (Å²) in [4.78, 5) is 9.89. The lowest BCUT2D eigenvalue weighted by atomic mass is 10.2.